The molecule has 0 saturated carbocycles. The van der Waals surface area contributed by atoms with Crippen LogP contribution in [-0.4, -0.2) is 21.6 Å². The second-order valence-corrected chi connectivity index (χ2v) is 7.34. The number of ether oxygens (including phenoxy) is 1. The Labute approximate surface area is 144 Å². The van der Waals surface area contributed by atoms with Gasteiger partial charge in [0.1, 0.15) is 12.4 Å². The van der Waals surface area contributed by atoms with Gasteiger partial charge in [0.15, 0.2) is 0 Å². The lowest BCUT2D eigenvalue weighted by atomic mass is 10.0. The average Bonchev–Trinajstić information content (AvgIpc) is 2.58. The van der Waals surface area contributed by atoms with Crippen LogP contribution in [-0.2, 0) is 10.0 Å². The first kappa shape index (κ1) is 18.2. The molecule has 1 N–H and O–H groups in total. The van der Waals surface area contributed by atoms with Crippen molar-refractivity contribution in [2.24, 2.45) is 0 Å². The molecule has 0 fully saturated rings. The van der Waals surface area contributed by atoms with Crippen LogP contribution < -0.4 is 9.46 Å². The van der Waals surface area contributed by atoms with E-state index in [0.717, 1.165) is 16.9 Å². The van der Waals surface area contributed by atoms with Crippen molar-refractivity contribution in [3.63, 3.8) is 0 Å². The molecule has 0 amide bonds. The van der Waals surface area contributed by atoms with Crippen LogP contribution in [0, 0.1) is 0 Å². The zero-order valence-corrected chi connectivity index (χ0v) is 14.8. The maximum absolute atomic E-state index is 11.9. The highest BCUT2D eigenvalue weighted by atomic mass is 32.2. The van der Waals surface area contributed by atoms with Crippen LogP contribution in [0.3, 0.4) is 0 Å². The standard InChI is InChI=1S/C19H23NO3S/c1-16(2)18-10-6-7-11-19(18)23-14-13-20-24(21,22)15-12-17-8-4-3-5-9-17/h3-12,15-16,20H,13-14H2,1-2H3/b15-12+. The predicted molar refractivity (Wildman–Crippen MR) is 98.4 cm³/mol. The van der Waals surface area contributed by atoms with Crippen LogP contribution in [0.1, 0.15) is 30.9 Å². The van der Waals surface area contributed by atoms with Gasteiger partial charge in [-0.1, -0.05) is 62.4 Å². The van der Waals surface area contributed by atoms with Crippen molar-refractivity contribution < 1.29 is 13.2 Å². The van der Waals surface area contributed by atoms with Crippen LogP contribution in [0.4, 0.5) is 0 Å². The van der Waals surface area contributed by atoms with Gasteiger partial charge < -0.3 is 4.74 Å². The molecule has 0 aliphatic heterocycles. The highest BCUT2D eigenvalue weighted by Crippen LogP contribution is 2.25. The van der Waals surface area contributed by atoms with Crippen molar-refractivity contribution in [2.45, 2.75) is 19.8 Å². The molecule has 128 valence electrons. The first-order valence-corrected chi connectivity index (χ1v) is 9.47. The summed E-state index contributed by atoms with van der Waals surface area (Å²) in [7, 11) is -3.47. The number of nitrogens with one attached hydrogen (secondary N) is 1. The van der Waals surface area contributed by atoms with Gasteiger partial charge in [-0.15, -0.1) is 0 Å². The smallest absolute Gasteiger partial charge is 0.233 e. The van der Waals surface area contributed by atoms with E-state index in [1.54, 1.807) is 6.08 Å². The largest absolute Gasteiger partial charge is 0.492 e. The Morgan fingerprint density at radius 2 is 1.71 bits per heavy atom. The molecular formula is C19H23NO3S. The third kappa shape index (κ3) is 5.83. The van der Waals surface area contributed by atoms with Gasteiger partial charge >= 0.3 is 0 Å². The van der Waals surface area contributed by atoms with Crippen molar-refractivity contribution in [3.8, 4) is 5.75 Å². The van der Waals surface area contributed by atoms with E-state index in [0.29, 0.717) is 5.92 Å². The SMILES string of the molecule is CC(C)c1ccccc1OCCNS(=O)(=O)/C=C/c1ccccc1. The zero-order chi connectivity index (χ0) is 17.4. The average molecular weight is 345 g/mol. The number of benzene rings is 2. The molecule has 0 spiro atoms. The number of hydrogen-bond acceptors (Lipinski definition) is 3. The highest BCUT2D eigenvalue weighted by molar-refractivity contribution is 7.92. The lowest BCUT2D eigenvalue weighted by molar-refractivity contribution is 0.318. The number of para-hydroxylation sites is 1. The molecule has 0 heterocycles. The number of hydrogen-bond donors (Lipinski definition) is 1. The van der Waals surface area contributed by atoms with Crippen molar-refractivity contribution in [1.29, 1.82) is 0 Å². The molecule has 24 heavy (non-hydrogen) atoms. The summed E-state index contributed by atoms with van der Waals surface area (Å²) < 4.78 is 32.1. The van der Waals surface area contributed by atoms with Gasteiger partial charge in [-0.05, 0) is 29.2 Å². The van der Waals surface area contributed by atoms with E-state index in [9.17, 15) is 8.42 Å². The van der Waals surface area contributed by atoms with Crippen molar-refractivity contribution in [3.05, 3.63) is 71.1 Å². The molecule has 2 aromatic carbocycles. The Morgan fingerprint density at radius 1 is 1.04 bits per heavy atom. The topological polar surface area (TPSA) is 55.4 Å². The first-order chi connectivity index (χ1) is 11.5. The quantitative estimate of drug-likeness (QED) is 0.741. The van der Waals surface area contributed by atoms with Crippen molar-refractivity contribution in [1.82, 2.24) is 4.72 Å². The van der Waals surface area contributed by atoms with Gasteiger partial charge in [-0.3, -0.25) is 0 Å². The fourth-order valence-corrected chi connectivity index (χ4v) is 3.01. The second kappa shape index (κ2) is 8.66. The molecule has 4 nitrogen and oxygen atoms in total. The maximum Gasteiger partial charge on any atom is 0.233 e. The van der Waals surface area contributed by atoms with E-state index in [1.165, 1.54) is 5.41 Å². The molecule has 5 heteroatoms. The summed E-state index contributed by atoms with van der Waals surface area (Å²) in [5.74, 6) is 1.15. The molecule has 0 saturated heterocycles. The molecule has 2 aromatic rings. The van der Waals surface area contributed by atoms with Crippen LogP contribution in [0.2, 0.25) is 0 Å². The van der Waals surface area contributed by atoms with E-state index in [2.05, 4.69) is 18.6 Å². The van der Waals surface area contributed by atoms with E-state index in [1.807, 2.05) is 54.6 Å². The minimum atomic E-state index is -3.47. The maximum atomic E-state index is 11.9. The van der Waals surface area contributed by atoms with Crippen LogP contribution in [0.5, 0.6) is 5.75 Å². The van der Waals surface area contributed by atoms with E-state index < -0.39 is 10.0 Å². The van der Waals surface area contributed by atoms with Crippen molar-refractivity contribution >= 4 is 16.1 Å². The lowest BCUT2D eigenvalue weighted by Gasteiger charge is -2.13. The van der Waals surface area contributed by atoms with Crippen LogP contribution in [0.15, 0.2) is 60.0 Å². The van der Waals surface area contributed by atoms with E-state index in [4.69, 9.17) is 4.74 Å². The lowest BCUT2D eigenvalue weighted by Crippen LogP contribution is -2.26. The minimum Gasteiger partial charge on any atom is -0.492 e. The van der Waals surface area contributed by atoms with Crippen molar-refractivity contribution in [2.75, 3.05) is 13.2 Å². The summed E-state index contributed by atoms with van der Waals surface area (Å²) in [5, 5.41) is 1.17. The Kier molecular flexibility index (Phi) is 6.58. The summed E-state index contributed by atoms with van der Waals surface area (Å²) in [4.78, 5) is 0. The second-order valence-electron chi connectivity index (χ2n) is 5.69. The van der Waals surface area contributed by atoms with Gasteiger partial charge in [0.2, 0.25) is 10.0 Å². The van der Waals surface area contributed by atoms with Gasteiger partial charge in [0, 0.05) is 12.0 Å². The summed E-state index contributed by atoms with van der Waals surface area (Å²) >= 11 is 0. The third-order valence-electron chi connectivity index (χ3n) is 3.44. The Balaban J connectivity index is 1.84. The summed E-state index contributed by atoms with van der Waals surface area (Å²) in [5.41, 5.74) is 1.95. The summed E-state index contributed by atoms with van der Waals surface area (Å²) in [6, 6.07) is 17.1. The molecular weight excluding hydrogens is 322 g/mol. The summed E-state index contributed by atoms with van der Waals surface area (Å²) in [6.45, 7) is 4.69. The molecule has 0 unspecified atom stereocenters. The molecule has 0 atom stereocenters. The predicted octanol–water partition coefficient (Wildman–Crippen LogP) is 3.78. The molecule has 2 rings (SSSR count). The third-order valence-corrected chi connectivity index (χ3v) is 4.54. The Hall–Kier alpha value is -2.11. The van der Waals surface area contributed by atoms with Gasteiger partial charge in [0.05, 0.1) is 0 Å². The minimum absolute atomic E-state index is 0.216. The fourth-order valence-electron chi connectivity index (χ4n) is 2.21. The highest BCUT2D eigenvalue weighted by Gasteiger charge is 2.08. The van der Waals surface area contributed by atoms with Gasteiger partial charge in [0.25, 0.3) is 0 Å². The Morgan fingerprint density at radius 3 is 2.42 bits per heavy atom. The van der Waals surface area contributed by atoms with E-state index >= 15 is 0 Å². The van der Waals surface area contributed by atoms with Gasteiger partial charge in [-0.25, -0.2) is 13.1 Å². The molecule has 0 bridgehead atoms. The number of sulfonamides is 1. The van der Waals surface area contributed by atoms with Crippen LogP contribution in [0.25, 0.3) is 6.08 Å². The zero-order valence-electron chi connectivity index (χ0n) is 14.0. The first-order valence-electron chi connectivity index (χ1n) is 7.92. The molecule has 0 aliphatic carbocycles. The van der Waals surface area contributed by atoms with E-state index in [-0.39, 0.29) is 13.2 Å². The molecule has 0 aromatic heterocycles. The monoisotopic (exact) mass is 345 g/mol. The molecule has 0 aliphatic rings. The fraction of sp³-hybridized carbons (Fsp3) is 0.263. The normalized spacial score (nSPS) is 12.0. The van der Waals surface area contributed by atoms with Crippen LogP contribution >= 0.6 is 0 Å². The van der Waals surface area contributed by atoms with Gasteiger partial charge in [-0.2, -0.15) is 0 Å². The molecule has 0 radical (unpaired) electrons. The Bertz CT molecular complexity index is 768. The summed E-state index contributed by atoms with van der Waals surface area (Å²) in [6.07, 6.45) is 1.57. The number of rotatable bonds is 8.